The maximum atomic E-state index is 13.0. The number of nitrogens with zero attached hydrogens (tertiary/aromatic N) is 1. The number of hydrogen-bond donors (Lipinski definition) is 1. The van der Waals surface area contributed by atoms with Gasteiger partial charge >= 0.3 is 5.97 Å². The van der Waals surface area contributed by atoms with Gasteiger partial charge in [-0.2, -0.15) is 0 Å². The molecule has 2 aromatic rings. The smallest absolute Gasteiger partial charge is 0.369 e. The van der Waals surface area contributed by atoms with E-state index in [2.05, 4.69) is 0 Å². The number of benzene rings is 1. The summed E-state index contributed by atoms with van der Waals surface area (Å²) in [5.41, 5.74) is -0.230. The Morgan fingerprint density at radius 2 is 1.93 bits per heavy atom. The molecule has 0 spiro atoms. The van der Waals surface area contributed by atoms with Gasteiger partial charge in [0.25, 0.3) is 0 Å². The van der Waals surface area contributed by atoms with Crippen LogP contribution >= 0.6 is 11.3 Å². The number of thiophene rings is 1. The minimum Gasteiger partial charge on any atom is -0.464 e. The standard InChI is InChI=1S/C20H20N2O4S/c1-22-17(23)14-15(18(22)24)20(19(25)26-2,11-12-7-4-3-5-8-12)21-16(14)13-9-6-10-27-13/h3-10,14-16,21H,11H2,1-2H3/p+1/t14-,15+,16-,20-/m1/s1. The summed E-state index contributed by atoms with van der Waals surface area (Å²) < 4.78 is 5.15. The summed E-state index contributed by atoms with van der Waals surface area (Å²) in [5.74, 6) is -2.30. The van der Waals surface area contributed by atoms with Crippen LogP contribution in [0.4, 0.5) is 0 Å². The summed E-state index contributed by atoms with van der Waals surface area (Å²) in [4.78, 5) is 41.1. The summed E-state index contributed by atoms with van der Waals surface area (Å²) in [7, 11) is 2.83. The third kappa shape index (κ3) is 2.61. The van der Waals surface area contributed by atoms with Crippen molar-refractivity contribution in [3.05, 3.63) is 58.3 Å². The number of carbonyl (C=O) groups is 3. The first-order valence-corrected chi connectivity index (χ1v) is 9.71. The zero-order valence-corrected chi connectivity index (χ0v) is 15.9. The van der Waals surface area contributed by atoms with E-state index in [0.717, 1.165) is 10.4 Å². The molecular weight excluding hydrogens is 364 g/mol. The number of amides is 2. The minimum absolute atomic E-state index is 0.224. The number of ether oxygens (including phenoxy) is 1. The highest BCUT2D eigenvalue weighted by atomic mass is 32.1. The summed E-state index contributed by atoms with van der Waals surface area (Å²) in [6.07, 6.45) is 0.330. The lowest BCUT2D eigenvalue weighted by Gasteiger charge is -2.28. The molecule has 27 heavy (non-hydrogen) atoms. The number of carbonyl (C=O) groups excluding carboxylic acids is 3. The van der Waals surface area contributed by atoms with Gasteiger partial charge in [-0.05, 0) is 17.0 Å². The molecule has 0 radical (unpaired) electrons. The van der Waals surface area contributed by atoms with Gasteiger partial charge < -0.3 is 10.1 Å². The van der Waals surface area contributed by atoms with Gasteiger partial charge in [-0.25, -0.2) is 4.79 Å². The highest BCUT2D eigenvalue weighted by Crippen LogP contribution is 2.46. The quantitative estimate of drug-likeness (QED) is 0.622. The minimum atomic E-state index is -1.16. The van der Waals surface area contributed by atoms with Crippen LogP contribution in [-0.4, -0.2) is 42.4 Å². The number of quaternary nitrogens is 1. The molecular formula is C20H21N2O4S+. The van der Waals surface area contributed by atoms with Gasteiger partial charge in [0.05, 0.1) is 12.0 Å². The van der Waals surface area contributed by atoms with Crippen LogP contribution in [0.25, 0.3) is 0 Å². The second-order valence-electron chi connectivity index (χ2n) is 7.14. The fourth-order valence-corrected chi connectivity index (χ4v) is 5.41. The molecule has 6 nitrogen and oxygen atoms in total. The van der Waals surface area contributed by atoms with Crippen molar-refractivity contribution in [2.75, 3.05) is 14.2 Å². The van der Waals surface area contributed by atoms with Crippen molar-refractivity contribution in [2.24, 2.45) is 11.8 Å². The van der Waals surface area contributed by atoms with Crippen LogP contribution in [-0.2, 0) is 25.5 Å². The van der Waals surface area contributed by atoms with E-state index in [-0.39, 0.29) is 17.9 Å². The largest absolute Gasteiger partial charge is 0.464 e. The summed E-state index contributed by atoms with van der Waals surface area (Å²) >= 11 is 1.53. The van der Waals surface area contributed by atoms with Crippen molar-refractivity contribution in [1.82, 2.24) is 4.90 Å². The van der Waals surface area contributed by atoms with Crippen LogP contribution < -0.4 is 5.32 Å². The Balaban J connectivity index is 1.85. The molecule has 2 aliphatic heterocycles. The van der Waals surface area contributed by atoms with Crippen molar-refractivity contribution >= 4 is 29.1 Å². The SMILES string of the molecule is COC(=O)[C@]1(Cc2ccccc2)[NH2+][C@H](c2cccs2)[C@@H]2C(=O)N(C)C(=O)[C@H]21. The van der Waals surface area contributed by atoms with E-state index in [4.69, 9.17) is 4.74 Å². The Labute approximate surface area is 161 Å². The van der Waals surface area contributed by atoms with Crippen LogP contribution in [0.2, 0.25) is 0 Å². The van der Waals surface area contributed by atoms with E-state index in [1.807, 2.05) is 53.2 Å². The van der Waals surface area contributed by atoms with E-state index in [1.54, 1.807) is 0 Å². The van der Waals surface area contributed by atoms with Gasteiger partial charge in [0, 0.05) is 13.5 Å². The Morgan fingerprint density at radius 1 is 1.19 bits per heavy atom. The number of nitrogens with two attached hydrogens (primary N) is 1. The van der Waals surface area contributed by atoms with Gasteiger partial charge in [0.15, 0.2) is 0 Å². The topological polar surface area (TPSA) is 80.3 Å². The Bertz CT molecular complexity index is 883. The molecule has 2 saturated heterocycles. The zero-order valence-electron chi connectivity index (χ0n) is 15.1. The Morgan fingerprint density at radius 3 is 2.56 bits per heavy atom. The normalized spacial score (nSPS) is 29.9. The molecule has 7 heteroatoms. The maximum Gasteiger partial charge on any atom is 0.369 e. The lowest BCUT2D eigenvalue weighted by atomic mass is 9.76. The Hall–Kier alpha value is -2.51. The van der Waals surface area contributed by atoms with Gasteiger partial charge in [-0.1, -0.05) is 36.4 Å². The molecule has 1 aromatic heterocycles. The number of fused-ring (bicyclic) bond motifs is 1. The molecule has 140 valence electrons. The lowest BCUT2D eigenvalue weighted by molar-refractivity contribution is -0.733. The van der Waals surface area contributed by atoms with E-state index in [1.165, 1.54) is 30.4 Å². The van der Waals surface area contributed by atoms with Crippen molar-refractivity contribution < 1.29 is 24.4 Å². The highest BCUT2D eigenvalue weighted by Gasteiger charge is 2.72. The van der Waals surface area contributed by atoms with Crippen LogP contribution in [0.5, 0.6) is 0 Å². The fraction of sp³-hybridized carbons (Fsp3) is 0.350. The van der Waals surface area contributed by atoms with Gasteiger partial charge in [0.2, 0.25) is 17.4 Å². The second-order valence-corrected chi connectivity index (χ2v) is 8.12. The number of esters is 1. The highest BCUT2D eigenvalue weighted by molar-refractivity contribution is 7.10. The van der Waals surface area contributed by atoms with Crippen LogP contribution in [0.15, 0.2) is 47.8 Å². The molecule has 0 bridgehead atoms. The molecule has 0 aliphatic carbocycles. The fourth-order valence-electron chi connectivity index (χ4n) is 4.57. The number of methoxy groups -OCH3 is 1. The molecule has 2 aliphatic rings. The maximum absolute atomic E-state index is 13.0. The molecule has 4 rings (SSSR count). The molecule has 2 N–H and O–H groups in total. The van der Waals surface area contributed by atoms with E-state index < -0.39 is 23.3 Å². The molecule has 0 saturated carbocycles. The average Bonchev–Trinajstić information content (AvgIpc) is 3.37. The van der Waals surface area contributed by atoms with E-state index in [9.17, 15) is 14.4 Å². The third-order valence-corrected chi connectivity index (χ3v) is 6.74. The average molecular weight is 385 g/mol. The molecule has 2 fully saturated rings. The van der Waals surface area contributed by atoms with Crippen LogP contribution in [0.3, 0.4) is 0 Å². The van der Waals surface area contributed by atoms with Crippen LogP contribution in [0, 0.1) is 11.8 Å². The molecule has 0 unspecified atom stereocenters. The van der Waals surface area contributed by atoms with E-state index in [0.29, 0.717) is 6.42 Å². The monoisotopic (exact) mass is 385 g/mol. The first-order valence-electron chi connectivity index (χ1n) is 8.83. The van der Waals surface area contributed by atoms with Crippen molar-refractivity contribution in [3.8, 4) is 0 Å². The van der Waals surface area contributed by atoms with Crippen molar-refractivity contribution in [3.63, 3.8) is 0 Å². The second kappa shape index (κ2) is 6.58. The van der Waals surface area contributed by atoms with Crippen LogP contribution in [0.1, 0.15) is 16.5 Å². The van der Waals surface area contributed by atoms with Gasteiger partial charge in [0.1, 0.15) is 17.9 Å². The van der Waals surface area contributed by atoms with Crippen molar-refractivity contribution in [2.45, 2.75) is 18.0 Å². The number of hydrogen-bond acceptors (Lipinski definition) is 5. The first kappa shape index (κ1) is 17.9. The zero-order chi connectivity index (χ0) is 19.2. The number of likely N-dealkylation sites (tertiary alicyclic amines) is 1. The summed E-state index contributed by atoms with van der Waals surface area (Å²) in [6, 6.07) is 13.2. The molecule has 2 amide bonds. The first-order chi connectivity index (χ1) is 13.0. The molecule has 3 heterocycles. The lowest BCUT2D eigenvalue weighted by Crippen LogP contribution is -2.98. The molecule has 1 aromatic carbocycles. The van der Waals surface area contributed by atoms with Crippen molar-refractivity contribution in [1.29, 1.82) is 0 Å². The van der Waals surface area contributed by atoms with Gasteiger partial charge in [-0.15, -0.1) is 11.3 Å². The number of imide groups is 1. The predicted octanol–water partition coefficient (Wildman–Crippen LogP) is 0.752. The summed E-state index contributed by atoms with van der Waals surface area (Å²) in [5, 5.41) is 3.84. The summed E-state index contributed by atoms with van der Waals surface area (Å²) in [6.45, 7) is 0. The number of rotatable bonds is 4. The molecule has 4 atom stereocenters. The third-order valence-electron chi connectivity index (χ3n) is 5.77. The van der Waals surface area contributed by atoms with E-state index >= 15 is 0 Å². The predicted molar refractivity (Wildman–Crippen MR) is 98.6 cm³/mol. The Kier molecular flexibility index (Phi) is 4.36. The van der Waals surface area contributed by atoms with Gasteiger partial charge in [-0.3, -0.25) is 14.5 Å².